The molecule has 4 aromatic carbocycles. The topological polar surface area (TPSA) is 67.4 Å². The Morgan fingerprint density at radius 2 is 1.35 bits per heavy atom. The maximum absolute atomic E-state index is 13.0. The van der Waals surface area contributed by atoms with E-state index in [-0.39, 0.29) is 11.8 Å². The lowest BCUT2D eigenvalue weighted by molar-refractivity contribution is 0.0949. The molecule has 0 radical (unpaired) electrons. The number of rotatable bonds is 9. The van der Waals surface area contributed by atoms with E-state index in [1.165, 1.54) is 5.56 Å². The van der Waals surface area contributed by atoms with Gasteiger partial charge in [0.05, 0.1) is 12.2 Å². The Hall–Kier alpha value is -4.38. The smallest absolute Gasteiger partial charge is 0.259 e. The fraction of sp³-hybridized carbons (Fsp3) is 0.103. The van der Waals surface area contributed by atoms with Crippen molar-refractivity contribution < 1.29 is 14.3 Å². The van der Waals surface area contributed by atoms with Gasteiger partial charge in [-0.15, -0.1) is 0 Å². The highest BCUT2D eigenvalue weighted by Crippen LogP contribution is 2.21. The van der Waals surface area contributed by atoms with Crippen LogP contribution in [0.15, 0.2) is 109 Å². The third-order valence-electron chi connectivity index (χ3n) is 5.30. The Bertz CT molecular complexity index is 1240. The van der Waals surface area contributed by atoms with Gasteiger partial charge in [0.15, 0.2) is 0 Å². The van der Waals surface area contributed by atoms with Gasteiger partial charge in [-0.2, -0.15) is 0 Å². The summed E-state index contributed by atoms with van der Waals surface area (Å²) in [7, 11) is 0. The van der Waals surface area contributed by atoms with E-state index >= 15 is 0 Å². The monoisotopic (exact) mass is 450 g/mol. The van der Waals surface area contributed by atoms with Crippen LogP contribution in [0.3, 0.4) is 0 Å². The molecule has 0 saturated heterocycles. The van der Waals surface area contributed by atoms with E-state index in [4.69, 9.17) is 4.74 Å². The van der Waals surface area contributed by atoms with Crippen LogP contribution in [-0.2, 0) is 13.0 Å². The second kappa shape index (κ2) is 11.5. The summed E-state index contributed by atoms with van der Waals surface area (Å²) in [6.45, 7) is 0.898. The van der Waals surface area contributed by atoms with E-state index in [2.05, 4.69) is 10.6 Å². The van der Waals surface area contributed by atoms with E-state index < -0.39 is 0 Å². The van der Waals surface area contributed by atoms with Crippen molar-refractivity contribution in [2.24, 2.45) is 0 Å². The van der Waals surface area contributed by atoms with E-state index in [0.29, 0.717) is 35.7 Å². The number of carbonyl (C=O) groups excluding carboxylic acids is 2. The van der Waals surface area contributed by atoms with Crippen LogP contribution in [0.1, 0.15) is 31.8 Å². The van der Waals surface area contributed by atoms with Gasteiger partial charge in [0, 0.05) is 24.2 Å². The second-order valence-electron chi connectivity index (χ2n) is 7.78. The highest BCUT2D eigenvalue weighted by atomic mass is 16.5. The maximum atomic E-state index is 13.0. The summed E-state index contributed by atoms with van der Waals surface area (Å²) < 4.78 is 5.91. The number of hydrogen-bond acceptors (Lipinski definition) is 3. The number of amides is 2. The van der Waals surface area contributed by atoms with Gasteiger partial charge in [0.1, 0.15) is 5.75 Å². The molecular weight excluding hydrogens is 424 g/mol. The van der Waals surface area contributed by atoms with E-state index in [9.17, 15) is 9.59 Å². The molecule has 2 amide bonds. The van der Waals surface area contributed by atoms with Crippen molar-refractivity contribution in [1.29, 1.82) is 0 Å². The summed E-state index contributed by atoms with van der Waals surface area (Å²) in [5.41, 5.74) is 3.64. The molecule has 0 unspecified atom stereocenters. The Balaban J connectivity index is 1.37. The van der Waals surface area contributed by atoms with Crippen LogP contribution in [0.5, 0.6) is 5.75 Å². The molecule has 2 N–H and O–H groups in total. The van der Waals surface area contributed by atoms with Crippen molar-refractivity contribution >= 4 is 17.5 Å². The van der Waals surface area contributed by atoms with Crippen LogP contribution >= 0.6 is 0 Å². The molecule has 0 atom stereocenters. The average molecular weight is 451 g/mol. The van der Waals surface area contributed by atoms with Gasteiger partial charge >= 0.3 is 0 Å². The molecular formula is C29H26N2O3. The van der Waals surface area contributed by atoms with Gasteiger partial charge in [-0.1, -0.05) is 78.9 Å². The third-order valence-corrected chi connectivity index (χ3v) is 5.30. The number of anilines is 1. The Labute approximate surface area is 199 Å². The number of benzene rings is 4. The third kappa shape index (κ3) is 6.33. The minimum atomic E-state index is -0.294. The Morgan fingerprint density at radius 1 is 0.676 bits per heavy atom. The summed E-state index contributed by atoms with van der Waals surface area (Å²) in [5.74, 6) is 0.0226. The van der Waals surface area contributed by atoms with E-state index in [1.807, 2.05) is 66.7 Å². The van der Waals surface area contributed by atoms with Crippen molar-refractivity contribution in [3.05, 3.63) is 131 Å². The van der Waals surface area contributed by atoms with Crippen molar-refractivity contribution in [2.75, 3.05) is 11.9 Å². The largest absolute Gasteiger partial charge is 0.492 e. The van der Waals surface area contributed by atoms with Crippen molar-refractivity contribution in [3.8, 4) is 5.75 Å². The molecule has 0 saturated carbocycles. The summed E-state index contributed by atoms with van der Waals surface area (Å²) in [6, 6.07) is 33.8. The molecule has 5 nitrogen and oxygen atoms in total. The molecule has 0 aliphatic heterocycles. The lowest BCUT2D eigenvalue weighted by atomic mass is 10.1. The van der Waals surface area contributed by atoms with E-state index in [0.717, 1.165) is 12.0 Å². The first-order chi connectivity index (χ1) is 16.7. The van der Waals surface area contributed by atoms with Crippen LogP contribution in [0.2, 0.25) is 0 Å². The number of ether oxygens (including phenoxy) is 1. The lowest BCUT2D eigenvalue weighted by Crippen LogP contribution is -2.23. The molecule has 0 spiro atoms. The molecule has 170 valence electrons. The zero-order valence-electron chi connectivity index (χ0n) is 18.7. The molecule has 0 aromatic heterocycles. The molecule has 4 rings (SSSR count). The lowest BCUT2D eigenvalue weighted by Gasteiger charge is -2.12. The maximum Gasteiger partial charge on any atom is 0.259 e. The van der Waals surface area contributed by atoms with E-state index in [1.54, 1.807) is 42.5 Å². The molecule has 34 heavy (non-hydrogen) atoms. The number of carbonyl (C=O) groups is 2. The van der Waals surface area contributed by atoms with Crippen molar-refractivity contribution in [2.45, 2.75) is 13.0 Å². The summed E-state index contributed by atoms with van der Waals surface area (Å²) in [4.78, 5) is 25.5. The quantitative estimate of drug-likeness (QED) is 0.354. The summed E-state index contributed by atoms with van der Waals surface area (Å²) in [6.07, 6.45) is 0.747. The first-order valence-electron chi connectivity index (χ1n) is 11.2. The van der Waals surface area contributed by atoms with Gasteiger partial charge in [-0.05, 0) is 41.5 Å². The molecule has 5 heteroatoms. The standard InChI is InChI=1S/C29H26N2O3/c32-28(30-21-23-12-5-2-6-13-23)24-14-9-15-25(20-24)31-29(33)26-16-7-8-17-27(26)34-19-18-22-10-3-1-4-11-22/h1-17,20H,18-19,21H2,(H,30,32)(H,31,33). The predicted molar refractivity (Wildman–Crippen MR) is 134 cm³/mol. The second-order valence-corrected chi connectivity index (χ2v) is 7.78. The molecule has 0 aliphatic carbocycles. The fourth-order valence-electron chi connectivity index (χ4n) is 3.52. The zero-order chi connectivity index (χ0) is 23.6. The van der Waals surface area contributed by atoms with Gasteiger partial charge < -0.3 is 15.4 Å². The normalized spacial score (nSPS) is 10.4. The van der Waals surface area contributed by atoms with Crippen LogP contribution in [0.4, 0.5) is 5.69 Å². The number of hydrogen-bond donors (Lipinski definition) is 2. The molecule has 4 aromatic rings. The summed E-state index contributed by atoms with van der Waals surface area (Å²) >= 11 is 0. The minimum Gasteiger partial charge on any atom is -0.492 e. The van der Waals surface area contributed by atoms with Gasteiger partial charge in [0.2, 0.25) is 0 Å². The minimum absolute atomic E-state index is 0.204. The van der Waals surface area contributed by atoms with Gasteiger partial charge in [-0.3, -0.25) is 9.59 Å². The molecule has 0 bridgehead atoms. The Kier molecular flexibility index (Phi) is 7.70. The number of para-hydroxylation sites is 1. The highest BCUT2D eigenvalue weighted by Gasteiger charge is 2.14. The molecule has 0 fully saturated rings. The van der Waals surface area contributed by atoms with Crippen molar-refractivity contribution in [3.63, 3.8) is 0 Å². The van der Waals surface area contributed by atoms with Crippen molar-refractivity contribution in [1.82, 2.24) is 5.32 Å². The summed E-state index contributed by atoms with van der Waals surface area (Å²) in [5, 5.41) is 5.78. The van der Waals surface area contributed by atoms with Gasteiger partial charge in [-0.25, -0.2) is 0 Å². The fourth-order valence-corrected chi connectivity index (χ4v) is 3.52. The molecule has 0 aliphatic rings. The van der Waals surface area contributed by atoms with Crippen LogP contribution < -0.4 is 15.4 Å². The first kappa shape index (κ1) is 22.8. The van der Waals surface area contributed by atoms with Crippen LogP contribution in [0.25, 0.3) is 0 Å². The highest BCUT2D eigenvalue weighted by molar-refractivity contribution is 6.06. The van der Waals surface area contributed by atoms with Gasteiger partial charge in [0.25, 0.3) is 11.8 Å². The first-order valence-corrected chi connectivity index (χ1v) is 11.2. The predicted octanol–water partition coefficient (Wildman–Crippen LogP) is 5.49. The van der Waals surface area contributed by atoms with Crippen LogP contribution in [-0.4, -0.2) is 18.4 Å². The average Bonchev–Trinajstić information content (AvgIpc) is 2.89. The molecule has 0 heterocycles. The zero-order valence-corrected chi connectivity index (χ0v) is 18.7. The van der Waals surface area contributed by atoms with Crippen LogP contribution in [0, 0.1) is 0 Å². The number of nitrogens with one attached hydrogen (secondary N) is 2. The Morgan fingerprint density at radius 3 is 2.12 bits per heavy atom. The SMILES string of the molecule is O=C(NCc1ccccc1)c1cccc(NC(=O)c2ccccc2OCCc2ccccc2)c1.